The Bertz CT molecular complexity index is 5380. The van der Waals surface area contributed by atoms with Crippen molar-refractivity contribution in [2.24, 2.45) is 5.92 Å². The average molecular weight is 1850 g/mol. The van der Waals surface area contributed by atoms with Gasteiger partial charge in [-0.2, -0.15) is 15.8 Å². The molecule has 4 saturated heterocycles. The number of aromatic nitrogens is 8. The number of nitrogens with zero attached hydrogens (tertiary/aromatic N) is 17. The number of esters is 1. The van der Waals surface area contributed by atoms with Gasteiger partial charge in [-0.25, -0.2) is 39.5 Å². The van der Waals surface area contributed by atoms with E-state index in [0.29, 0.717) is 93.6 Å². The number of carbonyl (C=O) groups excluding carboxylic acids is 3. The van der Waals surface area contributed by atoms with Crippen molar-refractivity contribution >= 4 is 88.3 Å². The molecule has 4 aromatic heterocycles. The first-order valence-corrected chi connectivity index (χ1v) is 45.0. The van der Waals surface area contributed by atoms with Crippen LogP contribution in [-0.2, 0) is 104 Å². The third kappa shape index (κ3) is 29.6. The van der Waals surface area contributed by atoms with Crippen LogP contribution in [0.5, 0.6) is 0 Å². The molecule has 0 bridgehead atoms. The van der Waals surface area contributed by atoms with Crippen LogP contribution >= 0.6 is 58.8 Å². The van der Waals surface area contributed by atoms with E-state index in [2.05, 4.69) is 193 Å². The molecular weight excluding hydrogens is 1730 g/mol. The van der Waals surface area contributed by atoms with Gasteiger partial charge < -0.3 is 45.1 Å². The van der Waals surface area contributed by atoms with Crippen LogP contribution in [0.15, 0.2) is 161 Å². The second-order valence-corrected chi connectivity index (χ2v) is 34.8. The Morgan fingerprint density at radius 2 is 0.914 bits per heavy atom. The van der Waals surface area contributed by atoms with Crippen LogP contribution in [0.25, 0.3) is 0 Å². The zero-order valence-corrected chi connectivity index (χ0v) is 76.8. The second kappa shape index (κ2) is 49.4. The van der Waals surface area contributed by atoms with Crippen LogP contribution in [0.2, 0.25) is 21.0 Å². The van der Waals surface area contributed by atoms with Crippen molar-refractivity contribution in [1.29, 1.82) is 15.8 Å². The summed E-state index contributed by atoms with van der Waals surface area (Å²) in [7, 11) is 0. The molecule has 4 unspecified atom stereocenters. The van der Waals surface area contributed by atoms with Gasteiger partial charge in [0.25, 0.3) is 5.56 Å². The Balaban J connectivity index is 0.000000199. The van der Waals surface area contributed by atoms with E-state index in [9.17, 15) is 29.2 Å². The lowest BCUT2D eigenvalue weighted by atomic mass is 9.95. The molecule has 5 N–H and O–H groups in total. The fourth-order valence-corrected chi connectivity index (χ4v) is 17.6. The maximum absolute atomic E-state index is 12.7. The fraction of sp³-hybridized carbons (Fsp3) is 0.447. The molecule has 0 saturated carbocycles. The first-order chi connectivity index (χ1) is 61.5. The summed E-state index contributed by atoms with van der Waals surface area (Å²) >= 11 is 24.6. The standard InChI is InChI=1S/C25H31ClN6O2.C20H23ClN6.C15H19NO3.C14H13Cl2N3.C14H15N3O2.C6H11N3.ClH.3H2/c1-25(2,3)34-24(33)32-14-13-31(16-19(32)9-11-27)22-20-10-12-30(15-18-7-5-4-6-8-18)17-21(20)28-23(26)29-22;21-20-24-18-14-26(12-15-4-2-1-3-5-15)10-7-17(18)19(25-20)27-11-9-23-16(13-27)6-8-22;1-2-19-15(18)13-8-9-16(11-14(13)17)10-12-6-4-3-5-7-12;15-13-11-6-7-19(8-10-4-2-1-3-5-10)9-12(11)17-14(16)18-13;18-13-11-6-7-17(8-10-4-2-1-3-5-10)9-12(11)15-14(19)16-13;7-2-1-6-5-8-3-4-9-6;;;;/h4-8,19H,9-10,12-17H2,1-3H3;1-5,16,23H,6-7,9-14H2;3-7,13H,2,8-11H2,1H3;1-5H,6-9H2;1-5H,6-9H2,(H2,15,16,18,19);6,8-9H,1,3-5H2;4*1H. The summed E-state index contributed by atoms with van der Waals surface area (Å²) in [4.78, 5) is 108. The maximum Gasteiger partial charge on any atom is 0.410 e. The number of rotatable bonds is 17. The second-order valence-electron chi connectivity index (χ2n) is 33.4. The number of ketones is 1. The number of hydrogen-bond donors (Lipinski definition) is 5. The first kappa shape index (κ1) is 98.2. The molecule has 9 aromatic rings. The number of amides is 1. The van der Waals surface area contributed by atoms with Gasteiger partial charge in [0.05, 0.1) is 73.7 Å². The first-order valence-electron chi connectivity index (χ1n) is 43.5. The summed E-state index contributed by atoms with van der Waals surface area (Å²) in [6, 6.07) is 58.4. The molecule has 5 aromatic carbocycles. The van der Waals surface area contributed by atoms with Crippen LogP contribution in [0.3, 0.4) is 0 Å². The van der Waals surface area contributed by atoms with Crippen LogP contribution in [-0.4, -0.2) is 216 Å². The number of carbonyl (C=O) groups is 3. The van der Waals surface area contributed by atoms with Crippen molar-refractivity contribution in [3.63, 3.8) is 0 Å². The predicted octanol–water partition coefficient (Wildman–Crippen LogP) is 12.6. The summed E-state index contributed by atoms with van der Waals surface area (Å²) in [6.45, 7) is 26.5. The van der Waals surface area contributed by atoms with Crippen molar-refractivity contribution in [2.45, 2.75) is 162 Å². The highest BCUT2D eigenvalue weighted by molar-refractivity contribution is 6.32. The SMILES string of the molecule is CC(C)(C)OC(=O)N1CCN(c2nc(Cl)nc3c2CCN(Cc2ccccc2)C3)CC1CC#N.CCOC(=O)C1CCN(Cc2ccccc2)CC1=O.Cl.Clc1nc(Cl)c2c(n1)CN(Cc1ccccc1)CC2.N#CCC1CN(c2nc(Cl)nc3c2CCN(Cc2ccccc2)C3)CCN1.N#CCC1CNCCN1.O=c1[nH]c2c(c(=O)[nH]1)CCN(Cc1ccccc1)C2.[HH].[HH].[HH]. The van der Waals surface area contributed by atoms with Gasteiger partial charge in [-0.1, -0.05) is 163 Å². The van der Waals surface area contributed by atoms with Gasteiger partial charge in [-0.15, -0.1) is 12.4 Å². The third-order valence-corrected chi connectivity index (χ3v) is 23.7. The molecule has 0 spiro atoms. The topological polar surface area (TPSA) is 346 Å². The number of likely N-dealkylation sites (tertiary alicyclic amines) is 1. The van der Waals surface area contributed by atoms with E-state index in [1.54, 1.807) is 11.8 Å². The largest absolute Gasteiger partial charge is 0.465 e. The van der Waals surface area contributed by atoms with Gasteiger partial charge in [0, 0.05) is 195 Å². The number of halogens is 5. The molecule has 682 valence electrons. The molecule has 8 aliphatic rings. The van der Waals surface area contributed by atoms with E-state index >= 15 is 0 Å². The fourth-order valence-electron chi connectivity index (χ4n) is 16.7. The number of anilines is 2. The van der Waals surface area contributed by atoms with E-state index < -0.39 is 17.2 Å². The minimum Gasteiger partial charge on any atom is -0.465 e. The smallest absolute Gasteiger partial charge is 0.410 e. The lowest BCUT2D eigenvalue weighted by Crippen LogP contribution is -2.56. The third-order valence-electron chi connectivity index (χ3n) is 22.9. The highest BCUT2D eigenvalue weighted by atomic mass is 35.5. The number of nitriles is 3. The van der Waals surface area contributed by atoms with Crippen molar-refractivity contribution in [3.05, 3.63) is 266 Å². The number of piperidine rings is 1. The average Bonchev–Trinajstić information content (AvgIpc) is 0.782. The van der Waals surface area contributed by atoms with Crippen LogP contribution < -0.4 is 37.0 Å². The molecule has 0 aliphatic carbocycles. The number of aromatic amines is 2. The van der Waals surface area contributed by atoms with Crippen molar-refractivity contribution in [1.82, 2.24) is 85.2 Å². The highest BCUT2D eigenvalue weighted by Gasteiger charge is 2.38. The van der Waals surface area contributed by atoms with Crippen molar-refractivity contribution in [2.75, 3.05) is 115 Å². The van der Waals surface area contributed by atoms with Gasteiger partial charge in [0.1, 0.15) is 28.3 Å². The highest BCUT2D eigenvalue weighted by Crippen LogP contribution is 2.34. The molecule has 4 fully saturated rings. The van der Waals surface area contributed by atoms with Crippen LogP contribution in [0.4, 0.5) is 16.4 Å². The summed E-state index contributed by atoms with van der Waals surface area (Å²) in [5.74, 6) is 0.814. The van der Waals surface area contributed by atoms with Crippen molar-refractivity contribution < 1.29 is 28.1 Å². The van der Waals surface area contributed by atoms with E-state index in [1.807, 2.05) is 87.5 Å². The molecule has 29 nitrogen and oxygen atoms in total. The Morgan fingerprint density at radius 3 is 1.37 bits per heavy atom. The Labute approximate surface area is 779 Å². The Morgan fingerprint density at radius 1 is 0.484 bits per heavy atom. The normalized spacial score (nSPS) is 18.7. The van der Waals surface area contributed by atoms with Crippen LogP contribution in [0, 0.1) is 39.9 Å². The van der Waals surface area contributed by atoms with Crippen LogP contribution in [0.1, 0.15) is 131 Å². The number of hydrogen-bond acceptors (Lipinski definition) is 26. The molecule has 4 atom stereocenters. The van der Waals surface area contributed by atoms with Gasteiger partial charge in [-0.3, -0.25) is 43.9 Å². The Hall–Kier alpha value is -10.4. The lowest BCUT2D eigenvalue weighted by Gasteiger charge is -2.42. The minimum atomic E-state index is -0.587. The quantitative estimate of drug-likeness (QED) is 0.0245. The predicted molar refractivity (Wildman–Crippen MR) is 504 cm³/mol. The molecule has 128 heavy (non-hydrogen) atoms. The molecule has 17 rings (SSSR count). The summed E-state index contributed by atoms with van der Waals surface area (Å²) in [5, 5.41) is 37.8. The van der Waals surface area contributed by atoms with Gasteiger partial charge in [-0.05, 0) is 122 Å². The van der Waals surface area contributed by atoms with E-state index in [1.165, 1.54) is 33.4 Å². The number of H-pyrrole nitrogens is 2. The summed E-state index contributed by atoms with van der Waals surface area (Å²) in [6.07, 6.45) is 4.81. The molecule has 34 heteroatoms. The zero-order chi connectivity index (χ0) is 89.6. The monoisotopic (exact) mass is 1840 g/mol. The summed E-state index contributed by atoms with van der Waals surface area (Å²) < 4.78 is 10.5. The van der Waals surface area contributed by atoms with E-state index in [0.717, 1.165) is 183 Å². The molecule has 0 radical (unpaired) electrons. The van der Waals surface area contributed by atoms with Crippen molar-refractivity contribution in [3.8, 4) is 18.2 Å². The number of Topliss-reactive ketones (excluding diaryl/α,β-unsaturated/α-hetero) is 1. The molecular formula is C94H119Cl5N22O7. The molecule has 12 heterocycles. The van der Waals surface area contributed by atoms with Gasteiger partial charge >= 0.3 is 17.8 Å². The lowest BCUT2D eigenvalue weighted by molar-refractivity contribution is -0.153. The minimum absolute atomic E-state index is 0. The Kier molecular flexibility index (Phi) is 37.9. The maximum atomic E-state index is 12.7. The number of fused-ring (bicyclic) bond motifs is 4. The van der Waals surface area contributed by atoms with E-state index in [4.69, 9.17) is 66.4 Å². The van der Waals surface area contributed by atoms with Gasteiger partial charge in [0.15, 0.2) is 5.78 Å². The van der Waals surface area contributed by atoms with Gasteiger partial charge in [0.2, 0.25) is 15.9 Å². The zero-order valence-electron chi connectivity index (χ0n) is 73.0. The number of ether oxygens (including phenoxy) is 2. The van der Waals surface area contributed by atoms with E-state index in [-0.39, 0.29) is 69.2 Å². The number of nitrogens with one attached hydrogen (secondary N) is 5. The number of piperazine rings is 3. The summed E-state index contributed by atoms with van der Waals surface area (Å²) in [5.41, 5.74) is 12.8. The molecule has 8 aliphatic heterocycles. The number of benzene rings is 5. The molecule has 1 amide bonds.